The highest BCUT2D eigenvalue weighted by atomic mass is 32.1. The average molecular weight is 267 g/mol. The molecule has 1 aromatic heterocycles. The number of thiocarbonyl (C=S) groups is 1. The van der Waals surface area contributed by atoms with E-state index >= 15 is 0 Å². The highest BCUT2D eigenvalue weighted by Crippen LogP contribution is 2.19. The van der Waals surface area contributed by atoms with Crippen molar-refractivity contribution in [3.63, 3.8) is 0 Å². The van der Waals surface area contributed by atoms with Gasteiger partial charge in [-0.15, -0.1) is 0 Å². The molecule has 0 bridgehead atoms. The topological polar surface area (TPSA) is 60.2 Å². The number of aryl methyl sites for hydroxylation is 2. The van der Waals surface area contributed by atoms with Crippen LogP contribution < -0.4 is 11.1 Å². The Kier molecular flexibility index (Phi) is 5.50. The van der Waals surface area contributed by atoms with E-state index in [0.717, 1.165) is 22.6 Å². The number of aromatic nitrogens is 1. The van der Waals surface area contributed by atoms with Crippen LogP contribution in [-0.2, 0) is 4.74 Å². The summed E-state index contributed by atoms with van der Waals surface area (Å²) in [5.41, 5.74) is 9.30. The predicted octanol–water partition coefficient (Wildman–Crippen LogP) is 2.17. The molecule has 4 nitrogen and oxygen atoms in total. The van der Waals surface area contributed by atoms with Gasteiger partial charge in [-0.1, -0.05) is 12.2 Å². The summed E-state index contributed by atoms with van der Waals surface area (Å²) < 4.78 is 5.48. The van der Waals surface area contributed by atoms with Gasteiger partial charge in [-0.25, -0.2) is 0 Å². The fraction of sp³-hybridized carbons (Fsp3) is 0.538. The summed E-state index contributed by atoms with van der Waals surface area (Å²) >= 11 is 5.08. The Labute approximate surface area is 114 Å². The third-order valence-electron chi connectivity index (χ3n) is 2.61. The zero-order valence-corrected chi connectivity index (χ0v) is 12.2. The van der Waals surface area contributed by atoms with E-state index in [2.05, 4.69) is 10.3 Å². The number of anilines is 1. The van der Waals surface area contributed by atoms with E-state index < -0.39 is 0 Å². The van der Waals surface area contributed by atoms with Gasteiger partial charge in [-0.2, -0.15) is 0 Å². The first-order chi connectivity index (χ1) is 8.45. The fourth-order valence-corrected chi connectivity index (χ4v) is 2.13. The van der Waals surface area contributed by atoms with Crippen LogP contribution in [0.2, 0.25) is 0 Å². The van der Waals surface area contributed by atoms with Crippen molar-refractivity contribution in [2.45, 2.75) is 33.8 Å². The van der Waals surface area contributed by atoms with Crippen molar-refractivity contribution >= 4 is 22.9 Å². The minimum atomic E-state index is 0.142. The summed E-state index contributed by atoms with van der Waals surface area (Å²) in [7, 11) is 0. The Morgan fingerprint density at radius 2 is 2.22 bits per heavy atom. The third-order valence-corrected chi connectivity index (χ3v) is 2.81. The van der Waals surface area contributed by atoms with Gasteiger partial charge >= 0.3 is 0 Å². The number of pyridine rings is 1. The van der Waals surface area contributed by atoms with Gasteiger partial charge in [0.05, 0.1) is 11.7 Å². The molecule has 0 aliphatic carbocycles. The molecule has 1 aromatic rings. The van der Waals surface area contributed by atoms with Crippen molar-refractivity contribution in [2.24, 2.45) is 5.73 Å². The number of nitrogens with two attached hydrogens (primary N) is 1. The van der Waals surface area contributed by atoms with E-state index in [0.29, 0.717) is 18.1 Å². The molecule has 100 valence electrons. The first-order valence-electron chi connectivity index (χ1n) is 6.09. The van der Waals surface area contributed by atoms with Crippen LogP contribution >= 0.6 is 12.2 Å². The highest BCUT2D eigenvalue weighted by molar-refractivity contribution is 7.80. The van der Waals surface area contributed by atoms with E-state index in [1.165, 1.54) is 0 Å². The molecule has 0 saturated heterocycles. The zero-order chi connectivity index (χ0) is 13.7. The molecule has 18 heavy (non-hydrogen) atoms. The van der Waals surface area contributed by atoms with Crippen LogP contribution in [0, 0.1) is 13.8 Å². The Morgan fingerprint density at radius 1 is 1.56 bits per heavy atom. The van der Waals surface area contributed by atoms with Crippen molar-refractivity contribution in [3.05, 3.63) is 23.0 Å². The molecule has 0 amide bonds. The first kappa shape index (κ1) is 14.9. The van der Waals surface area contributed by atoms with Gasteiger partial charge in [0.25, 0.3) is 0 Å². The van der Waals surface area contributed by atoms with Gasteiger partial charge in [-0.05, 0) is 33.8 Å². The summed E-state index contributed by atoms with van der Waals surface area (Å²) in [5.74, 6) is 0. The van der Waals surface area contributed by atoms with Crippen molar-refractivity contribution in [2.75, 3.05) is 18.5 Å². The van der Waals surface area contributed by atoms with Crippen LogP contribution in [0.3, 0.4) is 0 Å². The van der Waals surface area contributed by atoms with Crippen LogP contribution in [0.1, 0.15) is 30.8 Å². The second kappa shape index (κ2) is 6.66. The van der Waals surface area contributed by atoms with E-state index in [4.69, 9.17) is 22.7 Å². The minimum Gasteiger partial charge on any atom is -0.389 e. The summed E-state index contributed by atoms with van der Waals surface area (Å²) in [4.78, 5) is 4.75. The minimum absolute atomic E-state index is 0.142. The summed E-state index contributed by atoms with van der Waals surface area (Å²) in [6, 6.07) is 1.96. The van der Waals surface area contributed by atoms with Crippen molar-refractivity contribution in [1.29, 1.82) is 0 Å². The van der Waals surface area contributed by atoms with Crippen LogP contribution in [0.15, 0.2) is 6.07 Å². The van der Waals surface area contributed by atoms with Gasteiger partial charge < -0.3 is 15.8 Å². The molecule has 0 aliphatic heterocycles. The average Bonchev–Trinajstić information content (AvgIpc) is 2.25. The van der Waals surface area contributed by atoms with E-state index in [1.54, 1.807) is 0 Å². The van der Waals surface area contributed by atoms with E-state index in [9.17, 15) is 0 Å². The smallest absolute Gasteiger partial charge is 0.107 e. The summed E-state index contributed by atoms with van der Waals surface area (Å²) in [6.07, 6.45) is 0.142. The number of rotatable bonds is 6. The standard InChI is InChI=1S/C13H21N3OS/c1-5-17-9(3)7-15-11-6-8(2)16-10(4)12(11)13(14)18/h6,9H,5,7H2,1-4H3,(H2,14,18)(H,15,16). The molecule has 3 N–H and O–H groups in total. The van der Waals surface area contributed by atoms with Crippen LogP contribution in [-0.4, -0.2) is 29.2 Å². The van der Waals surface area contributed by atoms with Crippen molar-refractivity contribution < 1.29 is 4.74 Å². The Hall–Kier alpha value is -1.20. The van der Waals surface area contributed by atoms with Crippen molar-refractivity contribution in [1.82, 2.24) is 4.98 Å². The molecule has 0 radical (unpaired) electrons. The van der Waals surface area contributed by atoms with Gasteiger partial charge in [0, 0.05) is 30.2 Å². The lowest BCUT2D eigenvalue weighted by Crippen LogP contribution is -2.23. The molecule has 1 heterocycles. The maximum absolute atomic E-state index is 5.75. The van der Waals surface area contributed by atoms with E-state index in [1.807, 2.05) is 33.8 Å². The normalized spacial score (nSPS) is 12.2. The number of hydrogen-bond acceptors (Lipinski definition) is 4. The number of nitrogens with one attached hydrogen (secondary N) is 1. The van der Waals surface area contributed by atoms with Crippen LogP contribution in [0.25, 0.3) is 0 Å². The largest absolute Gasteiger partial charge is 0.389 e. The summed E-state index contributed by atoms with van der Waals surface area (Å²) in [6.45, 7) is 9.30. The predicted molar refractivity (Wildman–Crippen MR) is 79.2 cm³/mol. The maximum Gasteiger partial charge on any atom is 0.107 e. The molecule has 0 spiro atoms. The van der Waals surface area contributed by atoms with E-state index in [-0.39, 0.29) is 6.10 Å². The molecule has 0 saturated carbocycles. The molecular weight excluding hydrogens is 246 g/mol. The maximum atomic E-state index is 5.75. The van der Waals surface area contributed by atoms with Gasteiger partial charge in [-0.3, -0.25) is 4.98 Å². The van der Waals surface area contributed by atoms with Gasteiger partial charge in [0.15, 0.2) is 0 Å². The van der Waals surface area contributed by atoms with Gasteiger partial charge in [0.2, 0.25) is 0 Å². The van der Waals surface area contributed by atoms with Crippen LogP contribution in [0.5, 0.6) is 0 Å². The third kappa shape index (κ3) is 3.92. The SMILES string of the molecule is CCOC(C)CNc1cc(C)nc(C)c1C(N)=S. The van der Waals surface area contributed by atoms with Crippen LogP contribution in [0.4, 0.5) is 5.69 Å². The fourth-order valence-electron chi connectivity index (χ4n) is 1.88. The van der Waals surface area contributed by atoms with Crippen molar-refractivity contribution in [3.8, 4) is 0 Å². The number of hydrogen-bond donors (Lipinski definition) is 2. The zero-order valence-electron chi connectivity index (χ0n) is 11.4. The lowest BCUT2D eigenvalue weighted by molar-refractivity contribution is 0.0855. The molecule has 1 rings (SSSR count). The van der Waals surface area contributed by atoms with Gasteiger partial charge in [0.1, 0.15) is 4.99 Å². The lowest BCUT2D eigenvalue weighted by atomic mass is 10.1. The Morgan fingerprint density at radius 3 is 2.78 bits per heavy atom. The first-order valence-corrected chi connectivity index (χ1v) is 6.50. The second-order valence-electron chi connectivity index (χ2n) is 4.28. The summed E-state index contributed by atoms with van der Waals surface area (Å²) in [5, 5.41) is 3.33. The Bertz CT molecular complexity index is 434. The molecule has 0 aromatic carbocycles. The monoisotopic (exact) mass is 267 g/mol. The second-order valence-corrected chi connectivity index (χ2v) is 4.72. The molecular formula is C13H21N3OS. The molecule has 0 fully saturated rings. The molecule has 5 heteroatoms. The Balaban J connectivity index is 2.90. The molecule has 1 atom stereocenters. The molecule has 0 aliphatic rings. The molecule has 1 unspecified atom stereocenters. The quantitative estimate of drug-likeness (QED) is 0.774. The highest BCUT2D eigenvalue weighted by Gasteiger charge is 2.11. The number of nitrogens with zero attached hydrogens (tertiary/aromatic N) is 1. The number of ether oxygens (including phenoxy) is 1. The lowest BCUT2D eigenvalue weighted by Gasteiger charge is -2.17.